The Morgan fingerprint density at radius 3 is 2.79 bits per heavy atom. The number of amides is 1. The molecule has 1 atom stereocenters. The van der Waals surface area contributed by atoms with Crippen molar-refractivity contribution in [2.75, 3.05) is 0 Å². The van der Waals surface area contributed by atoms with Crippen LogP contribution in [-0.2, 0) is 18.4 Å². The minimum Gasteiger partial charge on any atom is -0.352 e. The molecule has 1 fully saturated rings. The average molecular weight is 264 g/mol. The first kappa shape index (κ1) is 14.1. The van der Waals surface area contributed by atoms with Crippen molar-refractivity contribution in [2.45, 2.75) is 58.2 Å². The second kappa shape index (κ2) is 6.19. The third-order valence-electron chi connectivity index (χ3n) is 4.03. The molecule has 1 aromatic heterocycles. The lowest BCUT2D eigenvalue weighted by Crippen LogP contribution is -2.45. The molecule has 1 aliphatic rings. The van der Waals surface area contributed by atoms with E-state index in [1.54, 1.807) is 0 Å². The van der Waals surface area contributed by atoms with E-state index in [1.165, 1.54) is 12.8 Å². The Morgan fingerprint density at radius 1 is 1.53 bits per heavy atom. The van der Waals surface area contributed by atoms with Gasteiger partial charge in [0.1, 0.15) is 0 Å². The van der Waals surface area contributed by atoms with Crippen LogP contribution in [0.25, 0.3) is 0 Å². The molecule has 0 aromatic carbocycles. The minimum atomic E-state index is -0.166. The van der Waals surface area contributed by atoms with Gasteiger partial charge in [0.2, 0.25) is 5.91 Å². The van der Waals surface area contributed by atoms with Crippen LogP contribution in [0.1, 0.15) is 43.9 Å². The standard InChI is InChI=1S/C14H24N4O/c1-10(14(19)17-13-6-4-5-7-13)15-8-12-9-16-18(3)11(12)2/h9-10,13,15H,4-8H2,1-3H3,(H,17,19). The molecule has 1 amide bonds. The average Bonchev–Trinajstić information content (AvgIpc) is 2.99. The fourth-order valence-electron chi connectivity index (χ4n) is 2.47. The van der Waals surface area contributed by atoms with Crippen LogP contribution in [0.4, 0.5) is 0 Å². The van der Waals surface area contributed by atoms with Crippen LogP contribution < -0.4 is 10.6 Å². The molecule has 0 bridgehead atoms. The lowest BCUT2D eigenvalue weighted by Gasteiger charge is -2.17. The highest BCUT2D eigenvalue weighted by Crippen LogP contribution is 2.17. The minimum absolute atomic E-state index is 0.105. The van der Waals surface area contributed by atoms with E-state index in [2.05, 4.69) is 15.7 Å². The molecule has 0 aliphatic heterocycles. The van der Waals surface area contributed by atoms with Gasteiger partial charge in [-0.2, -0.15) is 5.10 Å². The van der Waals surface area contributed by atoms with Gasteiger partial charge in [0, 0.05) is 30.9 Å². The van der Waals surface area contributed by atoms with Crippen LogP contribution in [0.3, 0.4) is 0 Å². The van der Waals surface area contributed by atoms with Crippen molar-refractivity contribution in [1.82, 2.24) is 20.4 Å². The van der Waals surface area contributed by atoms with Crippen LogP contribution in [0.15, 0.2) is 6.20 Å². The zero-order valence-corrected chi connectivity index (χ0v) is 12.1. The number of hydrogen-bond donors (Lipinski definition) is 2. The van der Waals surface area contributed by atoms with Crippen molar-refractivity contribution in [3.05, 3.63) is 17.5 Å². The molecule has 1 unspecified atom stereocenters. The second-order valence-electron chi connectivity index (χ2n) is 5.47. The Morgan fingerprint density at radius 2 is 2.21 bits per heavy atom. The molecule has 1 saturated carbocycles. The first-order valence-corrected chi connectivity index (χ1v) is 7.09. The summed E-state index contributed by atoms with van der Waals surface area (Å²) in [5.41, 5.74) is 2.28. The van der Waals surface area contributed by atoms with Crippen molar-refractivity contribution >= 4 is 5.91 Å². The van der Waals surface area contributed by atoms with E-state index in [-0.39, 0.29) is 11.9 Å². The van der Waals surface area contributed by atoms with Crippen LogP contribution in [0.2, 0.25) is 0 Å². The molecule has 5 heteroatoms. The van der Waals surface area contributed by atoms with Gasteiger partial charge < -0.3 is 10.6 Å². The quantitative estimate of drug-likeness (QED) is 0.842. The largest absolute Gasteiger partial charge is 0.352 e. The van der Waals surface area contributed by atoms with E-state index in [1.807, 2.05) is 31.8 Å². The third-order valence-corrected chi connectivity index (χ3v) is 4.03. The number of carbonyl (C=O) groups excluding carboxylic acids is 1. The van der Waals surface area contributed by atoms with Gasteiger partial charge >= 0.3 is 0 Å². The van der Waals surface area contributed by atoms with Gasteiger partial charge in [-0.3, -0.25) is 9.48 Å². The number of rotatable bonds is 5. The molecule has 1 aliphatic carbocycles. The molecule has 1 heterocycles. The maximum absolute atomic E-state index is 12.0. The molecule has 1 aromatic rings. The van der Waals surface area contributed by atoms with Gasteiger partial charge in [-0.1, -0.05) is 12.8 Å². The number of nitrogens with zero attached hydrogens (tertiary/aromatic N) is 2. The van der Waals surface area contributed by atoms with Gasteiger partial charge in [0.15, 0.2) is 0 Å². The number of nitrogens with one attached hydrogen (secondary N) is 2. The highest BCUT2D eigenvalue weighted by Gasteiger charge is 2.20. The lowest BCUT2D eigenvalue weighted by atomic mass is 10.2. The van der Waals surface area contributed by atoms with E-state index in [0.29, 0.717) is 12.6 Å². The van der Waals surface area contributed by atoms with Gasteiger partial charge in [-0.25, -0.2) is 0 Å². The van der Waals surface area contributed by atoms with Crippen molar-refractivity contribution < 1.29 is 4.79 Å². The van der Waals surface area contributed by atoms with E-state index >= 15 is 0 Å². The lowest BCUT2D eigenvalue weighted by molar-refractivity contribution is -0.123. The topological polar surface area (TPSA) is 59.0 Å². The summed E-state index contributed by atoms with van der Waals surface area (Å²) in [6.45, 7) is 4.63. The second-order valence-corrected chi connectivity index (χ2v) is 5.47. The summed E-state index contributed by atoms with van der Waals surface area (Å²) in [5, 5.41) is 10.6. The summed E-state index contributed by atoms with van der Waals surface area (Å²) in [4.78, 5) is 12.0. The Balaban J connectivity index is 1.78. The molecule has 0 spiro atoms. The number of hydrogen-bond acceptors (Lipinski definition) is 3. The van der Waals surface area contributed by atoms with Gasteiger partial charge in [0.05, 0.1) is 12.2 Å². The summed E-state index contributed by atoms with van der Waals surface area (Å²) >= 11 is 0. The zero-order chi connectivity index (χ0) is 13.8. The monoisotopic (exact) mass is 264 g/mol. The van der Waals surface area contributed by atoms with Crippen molar-refractivity contribution in [2.24, 2.45) is 7.05 Å². The summed E-state index contributed by atoms with van der Waals surface area (Å²) in [7, 11) is 1.93. The van der Waals surface area contributed by atoms with E-state index < -0.39 is 0 Å². The molecule has 19 heavy (non-hydrogen) atoms. The molecule has 2 N–H and O–H groups in total. The Bertz CT molecular complexity index is 435. The summed E-state index contributed by atoms with van der Waals surface area (Å²) in [5.74, 6) is 0.105. The van der Waals surface area contributed by atoms with Crippen LogP contribution in [-0.4, -0.2) is 27.8 Å². The predicted octanol–water partition coefficient (Wildman–Crippen LogP) is 1.27. The smallest absolute Gasteiger partial charge is 0.237 e. The molecule has 0 radical (unpaired) electrons. The number of aromatic nitrogens is 2. The van der Waals surface area contributed by atoms with Crippen LogP contribution in [0.5, 0.6) is 0 Å². The fraction of sp³-hybridized carbons (Fsp3) is 0.714. The summed E-state index contributed by atoms with van der Waals surface area (Å²) in [6.07, 6.45) is 6.58. The highest BCUT2D eigenvalue weighted by molar-refractivity contribution is 5.81. The first-order valence-electron chi connectivity index (χ1n) is 7.09. The Hall–Kier alpha value is -1.36. The molecular formula is C14H24N4O. The van der Waals surface area contributed by atoms with Crippen LogP contribution >= 0.6 is 0 Å². The molecule has 5 nitrogen and oxygen atoms in total. The normalized spacial score (nSPS) is 17.6. The maximum atomic E-state index is 12.0. The van der Waals surface area contributed by atoms with Gasteiger partial charge in [-0.15, -0.1) is 0 Å². The summed E-state index contributed by atoms with van der Waals surface area (Å²) in [6, 6.07) is 0.220. The predicted molar refractivity (Wildman–Crippen MR) is 74.6 cm³/mol. The molecule has 106 valence electrons. The molecule has 0 saturated heterocycles. The SMILES string of the molecule is Cc1c(CNC(C)C(=O)NC2CCCC2)cnn1C. The van der Waals surface area contributed by atoms with E-state index in [4.69, 9.17) is 0 Å². The molecule has 2 rings (SSSR count). The van der Waals surface area contributed by atoms with E-state index in [0.717, 1.165) is 24.1 Å². The van der Waals surface area contributed by atoms with E-state index in [9.17, 15) is 4.79 Å². The summed E-state index contributed by atoms with van der Waals surface area (Å²) < 4.78 is 1.85. The van der Waals surface area contributed by atoms with Crippen molar-refractivity contribution in [3.63, 3.8) is 0 Å². The maximum Gasteiger partial charge on any atom is 0.237 e. The van der Waals surface area contributed by atoms with Gasteiger partial charge in [-0.05, 0) is 26.7 Å². The van der Waals surface area contributed by atoms with Crippen molar-refractivity contribution in [1.29, 1.82) is 0 Å². The Labute approximate surface area is 114 Å². The Kier molecular flexibility index (Phi) is 4.58. The fourth-order valence-corrected chi connectivity index (χ4v) is 2.47. The van der Waals surface area contributed by atoms with Crippen LogP contribution in [0, 0.1) is 6.92 Å². The number of carbonyl (C=O) groups is 1. The highest BCUT2D eigenvalue weighted by atomic mass is 16.2. The van der Waals surface area contributed by atoms with Crippen molar-refractivity contribution in [3.8, 4) is 0 Å². The zero-order valence-electron chi connectivity index (χ0n) is 12.1. The first-order chi connectivity index (χ1) is 9.08. The number of aryl methyl sites for hydroxylation is 1. The molecular weight excluding hydrogens is 240 g/mol. The third kappa shape index (κ3) is 3.56. The van der Waals surface area contributed by atoms with Gasteiger partial charge in [0.25, 0.3) is 0 Å².